The number of aromatic hydroxyl groups is 1. The van der Waals surface area contributed by atoms with Gasteiger partial charge in [0.25, 0.3) is 0 Å². The van der Waals surface area contributed by atoms with Crippen LogP contribution in [0.15, 0.2) is 41.4 Å². The zero-order valence-corrected chi connectivity index (χ0v) is 14.5. The van der Waals surface area contributed by atoms with Crippen LogP contribution < -0.4 is 0 Å². The second-order valence-electron chi connectivity index (χ2n) is 5.51. The average Bonchev–Trinajstić information content (AvgIpc) is 2.89. The Morgan fingerprint density at radius 1 is 1.13 bits per heavy atom. The summed E-state index contributed by atoms with van der Waals surface area (Å²) in [6.07, 6.45) is 1.21. The van der Waals surface area contributed by atoms with Crippen LogP contribution >= 0.6 is 34.8 Å². The van der Waals surface area contributed by atoms with Gasteiger partial charge in [-0.05, 0) is 24.3 Å². The summed E-state index contributed by atoms with van der Waals surface area (Å²) in [5, 5.41) is 10.7. The lowest BCUT2D eigenvalue weighted by atomic mass is 10.2. The number of aliphatic imine (C=N–C) groups is 1. The molecule has 2 aromatic carbocycles. The molecule has 0 aromatic heterocycles. The fraction of sp³-hybridized carbons (Fsp3) is 0.188. The minimum atomic E-state index is -0.525. The van der Waals surface area contributed by atoms with Gasteiger partial charge in [-0.15, -0.1) is 4.65 Å². The van der Waals surface area contributed by atoms with E-state index >= 15 is 0 Å². The summed E-state index contributed by atoms with van der Waals surface area (Å²) >= 11 is 17.8. The van der Waals surface area contributed by atoms with E-state index in [1.165, 1.54) is 0 Å². The lowest BCUT2D eigenvalue weighted by Gasteiger charge is -2.23. The van der Waals surface area contributed by atoms with E-state index in [-0.39, 0.29) is 20.4 Å². The zero-order valence-electron chi connectivity index (χ0n) is 12.2. The van der Waals surface area contributed by atoms with Gasteiger partial charge in [-0.25, -0.2) is 0 Å². The third-order valence-electron chi connectivity index (χ3n) is 3.52. The van der Waals surface area contributed by atoms with Crippen LogP contribution in [0.25, 0.3) is 0 Å². The quantitative estimate of drug-likeness (QED) is 0.773. The number of phenols is 1. The molecular weight excluding hydrogens is 359 g/mol. The lowest BCUT2D eigenvalue weighted by molar-refractivity contribution is -1.03. The molecule has 4 nitrogen and oxygen atoms in total. The molecule has 0 fully saturated rings. The number of hydrogen-bond donors (Lipinski definition) is 1. The molecule has 23 heavy (non-hydrogen) atoms. The van der Waals surface area contributed by atoms with Gasteiger partial charge in [-0.3, -0.25) is 0 Å². The molecule has 0 amide bonds. The highest BCUT2D eigenvalue weighted by Gasteiger charge is 2.35. The van der Waals surface area contributed by atoms with Gasteiger partial charge in [0.2, 0.25) is 12.6 Å². The Kier molecular flexibility index (Phi) is 4.54. The number of hydrogen-bond acceptors (Lipinski definition) is 3. The van der Waals surface area contributed by atoms with E-state index in [2.05, 4.69) is 4.99 Å². The SMILES string of the molecule is C[N+]1(Cc2ccc(Cl)cc2)C=NC(c2cc(Cl)c(O)c(Cl)c2)O1. The van der Waals surface area contributed by atoms with E-state index in [4.69, 9.17) is 39.6 Å². The van der Waals surface area contributed by atoms with Crippen molar-refractivity contribution in [3.63, 3.8) is 0 Å². The van der Waals surface area contributed by atoms with Gasteiger partial charge >= 0.3 is 0 Å². The summed E-state index contributed by atoms with van der Waals surface area (Å²) in [7, 11) is 1.90. The van der Waals surface area contributed by atoms with Crippen molar-refractivity contribution in [1.82, 2.24) is 0 Å². The molecule has 0 radical (unpaired) electrons. The van der Waals surface area contributed by atoms with E-state index in [1.807, 2.05) is 31.3 Å². The van der Waals surface area contributed by atoms with Gasteiger partial charge in [0, 0.05) is 16.1 Å². The van der Waals surface area contributed by atoms with Crippen molar-refractivity contribution < 1.29 is 14.6 Å². The number of quaternary nitrogens is 1. The van der Waals surface area contributed by atoms with Crippen molar-refractivity contribution in [2.45, 2.75) is 12.8 Å². The summed E-state index contributed by atoms with van der Waals surface area (Å²) in [4.78, 5) is 10.4. The van der Waals surface area contributed by atoms with Crippen LogP contribution in [-0.2, 0) is 11.4 Å². The van der Waals surface area contributed by atoms with Crippen LogP contribution in [-0.4, -0.2) is 23.1 Å². The summed E-state index contributed by atoms with van der Waals surface area (Å²) in [5.74, 6) is -0.141. The molecule has 0 saturated carbocycles. The highest BCUT2D eigenvalue weighted by molar-refractivity contribution is 6.37. The first kappa shape index (κ1) is 16.6. The van der Waals surface area contributed by atoms with Crippen molar-refractivity contribution in [1.29, 1.82) is 0 Å². The van der Waals surface area contributed by atoms with Crippen molar-refractivity contribution in [2.24, 2.45) is 4.99 Å². The molecule has 0 aliphatic carbocycles. The number of benzene rings is 2. The summed E-state index contributed by atoms with van der Waals surface area (Å²) in [6.45, 7) is 0.608. The third kappa shape index (κ3) is 3.62. The second kappa shape index (κ2) is 6.30. The molecule has 2 unspecified atom stereocenters. The van der Waals surface area contributed by atoms with Gasteiger partial charge in [0.05, 0.1) is 10.0 Å². The predicted molar refractivity (Wildman–Crippen MR) is 91.8 cm³/mol. The fourth-order valence-electron chi connectivity index (χ4n) is 2.39. The van der Waals surface area contributed by atoms with Crippen molar-refractivity contribution >= 4 is 41.1 Å². The minimum absolute atomic E-state index is 0.141. The molecule has 2 aromatic rings. The number of phenolic OH excluding ortho intramolecular Hbond substituents is 1. The maximum absolute atomic E-state index is 9.64. The maximum Gasteiger partial charge on any atom is 0.237 e. The van der Waals surface area contributed by atoms with E-state index in [9.17, 15) is 5.11 Å². The molecule has 0 bridgehead atoms. The predicted octanol–water partition coefficient (Wildman–Crippen LogP) is 4.97. The smallest absolute Gasteiger partial charge is 0.237 e. The first-order valence-corrected chi connectivity index (χ1v) is 8.00. The van der Waals surface area contributed by atoms with Crippen molar-refractivity contribution in [2.75, 3.05) is 7.05 Å². The normalized spacial score (nSPS) is 23.4. The maximum atomic E-state index is 9.64. The molecule has 0 spiro atoms. The van der Waals surface area contributed by atoms with Gasteiger partial charge in [-0.2, -0.15) is 9.83 Å². The summed E-state index contributed by atoms with van der Waals surface area (Å²) in [6, 6.07) is 10.8. The first-order valence-electron chi connectivity index (χ1n) is 6.87. The molecule has 0 saturated heterocycles. The molecular formula is C16H14Cl3N2O2+. The highest BCUT2D eigenvalue weighted by atomic mass is 35.5. The van der Waals surface area contributed by atoms with Crippen LogP contribution in [0.1, 0.15) is 17.4 Å². The molecule has 2 atom stereocenters. The molecule has 3 rings (SSSR count). The fourth-order valence-corrected chi connectivity index (χ4v) is 3.02. The van der Waals surface area contributed by atoms with Crippen molar-refractivity contribution in [3.8, 4) is 5.75 Å². The Morgan fingerprint density at radius 2 is 1.74 bits per heavy atom. The minimum Gasteiger partial charge on any atom is -0.505 e. The van der Waals surface area contributed by atoms with Gasteiger partial charge in [0.15, 0.2) is 5.75 Å². The van der Waals surface area contributed by atoms with Gasteiger partial charge in [0.1, 0.15) is 13.6 Å². The van der Waals surface area contributed by atoms with E-state index in [0.717, 1.165) is 5.56 Å². The third-order valence-corrected chi connectivity index (χ3v) is 4.35. The lowest BCUT2D eigenvalue weighted by Crippen LogP contribution is -2.38. The molecule has 1 N–H and O–H groups in total. The number of nitrogens with zero attached hydrogens (tertiary/aromatic N) is 2. The largest absolute Gasteiger partial charge is 0.505 e. The summed E-state index contributed by atoms with van der Waals surface area (Å²) in [5.41, 5.74) is 1.76. The Balaban J connectivity index is 1.77. The van der Waals surface area contributed by atoms with Gasteiger partial charge in [-0.1, -0.05) is 46.9 Å². The van der Waals surface area contributed by atoms with Crippen LogP contribution in [0.4, 0.5) is 0 Å². The molecule has 7 heteroatoms. The Morgan fingerprint density at radius 3 is 2.35 bits per heavy atom. The Bertz CT molecular complexity index is 741. The Labute approximate surface area is 149 Å². The zero-order chi connectivity index (χ0) is 16.6. The molecule has 120 valence electrons. The van der Waals surface area contributed by atoms with E-state index in [1.54, 1.807) is 18.5 Å². The standard InChI is InChI=1S/C16H13Cl3N2O2/c1-21(8-10-2-4-12(17)5-3-10)9-20-16(23-21)11-6-13(18)15(22)14(19)7-11/h2-7,9,16H,8H2,1H3/p+1. The van der Waals surface area contributed by atoms with Crippen molar-refractivity contribution in [3.05, 3.63) is 62.6 Å². The van der Waals surface area contributed by atoms with Crippen LogP contribution in [0.3, 0.4) is 0 Å². The second-order valence-corrected chi connectivity index (χ2v) is 6.76. The monoisotopic (exact) mass is 371 g/mol. The molecule has 1 aliphatic heterocycles. The highest BCUT2D eigenvalue weighted by Crippen LogP contribution is 2.38. The topological polar surface area (TPSA) is 41.8 Å². The molecule has 1 aliphatic rings. The van der Waals surface area contributed by atoms with Gasteiger partial charge < -0.3 is 5.11 Å². The van der Waals surface area contributed by atoms with E-state index < -0.39 is 6.23 Å². The van der Waals surface area contributed by atoms with Crippen LogP contribution in [0, 0.1) is 0 Å². The molecule has 1 heterocycles. The average molecular weight is 373 g/mol. The first-order chi connectivity index (χ1) is 10.9. The van der Waals surface area contributed by atoms with Crippen LogP contribution in [0.5, 0.6) is 5.75 Å². The Hall–Kier alpha value is -1.30. The number of rotatable bonds is 3. The summed E-state index contributed by atoms with van der Waals surface area (Å²) < 4.78 is 0.183. The number of hydroxylamine groups is 3. The number of halogens is 3. The van der Waals surface area contributed by atoms with E-state index in [0.29, 0.717) is 17.1 Å². The van der Waals surface area contributed by atoms with Crippen LogP contribution in [0.2, 0.25) is 15.1 Å².